The van der Waals surface area contributed by atoms with Gasteiger partial charge >= 0.3 is 0 Å². The van der Waals surface area contributed by atoms with Crippen molar-refractivity contribution < 1.29 is 0 Å². The SMILES string of the molecule is Cc1nc(N2CCN(c3ccc(N)cn3)CC2)sc1C. The quantitative estimate of drug-likeness (QED) is 0.917. The van der Waals surface area contributed by atoms with E-state index in [1.165, 1.54) is 4.88 Å². The van der Waals surface area contributed by atoms with Gasteiger partial charge in [0.15, 0.2) is 5.13 Å². The number of rotatable bonds is 2. The first kappa shape index (κ1) is 13.2. The normalized spacial score (nSPS) is 15.7. The van der Waals surface area contributed by atoms with Crippen molar-refractivity contribution in [3.8, 4) is 0 Å². The van der Waals surface area contributed by atoms with Crippen LogP contribution in [0.4, 0.5) is 16.6 Å². The summed E-state index contributed by atoms with van der Waals surface area (Å²) >= 11 is 1.78. The highest BCUT2D eigenvalue weighted by Crippen LogP contribution is 2.26. The van der Waals surface area contributed by atoms with Crippen molar-refractivity contribution in [1.29, 1.82) is 0 Å². The zero-order valence-electron chi connectivity index (χ0n) is 11.8. The Morgan fingerprint density at radius 2 is 1.80 bits per heavy atom. The summed E-state index contributed by atoms with van der Waals surface area (Å²) in [5.74, 6) is 1.00. The topological polar surface area (TPSA) is 58.3 Å². The number of aryl methyl sites for hydroxylation is 2. The first-order valence-corrected chi connectivity index (χ1v) is 7.60. The van der Waals surface area contributed by atoms with Gasteiger partial charge in [-0.25, -0.2) is 9.97 Å². The Hall–Kier alpha value is -1.82. The summed E-state index contributed by atoms with van der Waals surface area (Å²) in [4.78, 5) is 15.0. The molecule has 1 aliphatic rings. The molecule has 6 heteroatoms. The number of hydrogen-bond donors (Lipinski definition) is 1. The average molecular weight is 289 g/mol. The summed E-state index contributed by atoms with van der Waals surface area (Å²) in [5, 5.41) is 1.14. The van der Waals surface area contributed by atoms with Gasteiger partial charge in [0.1, 0.15) is 5.82 Å². The van der Waals surface area contributed by atoms with Crippen molar-refractivity contribution in [3.05, 3.63) is 28.9 Å². The second-order valence-corrected chi connectivity index (χ2v) is 6.24. The van der Waals surface area contributed by atoms with Crippen LogP contribution in [0.3, 0.4) is 0 Å². The van der Waals surface area contributed by atoms with Crippen LogP contribution < -0.4 is 15.5 Å². The molecule has 0 spiro atoms. The molecule has 3 rings (SSSR count). The fraction of sp³-hybridized carbons (Fsp3) is 0.429. The van der Waals surface area contributed by atoms with E-state index in [2.05, 4.69) is 33.6 Å². The molecule has 5 nitrogen and oxygen atoms in total. The lowest BCUT2D eigenvalue weighted by molar-refractivity contribution is 0.646. The highest BCUT2D eigenvalue weighted by atomic mass is 32.1. The lowest BCUT2D eigenvalue weighted by atomic mass is 10.3. The Bertz CT molecular complexity index is 565. The van der Waals surface area contributed by atoms with Crippen LogP contribution in [0.1, 0.15) is 10.6 Å². The molecule has 0 atom stereocenters. The van der Waals surface area contributed by atoms with Gasteiger partial charge in [0.05, 0.1) is 17.6 Å². The molecule has 0 aliphatic carbocycles. The Labute approximate surface area is 123 Å². The van der Waals surface area contributed by atoms with Crippen LogP contribution in [-0.2, 0) is 0 Å². The minimum absolute atomic E-state index is 0.709. The first-order valence-electron chi connectivity index (χ1n) is 6.79. The van der Waals surface area contributed by atoms with Gasteiger partial charge in [-0.05, 0) is 26.0 Å². The maximum absolute atomic E-state index is 5.67. The highest BCUT2D eigenvalue weighted by Gasteiger charge is 2.20. The minimum atomic E-state index is 0.709. The number of thiazole rings is 1. The van der Waals surface area contributed by atoms with Gasteiger partial charge in [0.25, 0.3) is 0 Å². The average Bonchev–Trinajstić information content (AvgIpc) is 2.80. The minimum Gasteiger partial charge on any atom is -0.397 e. The summed E-state index contributed by atoms with van der Waals surface area (Å²) in [6, 6.07) is 3.89. The van der Waals surface area contributed by atoms with Crippen LogP contribution in [0.5, 0.6) is 0 Å². The number of nitrogens with zero attached hydrogens (tertiary/aromatic N) is 4. The lowest BCUT2D eigenvalue weighted by Gasteiger charge is -2.35. The third kappa shape index (κ3) is 2.56. The number of anilines is 3. The van der Waals surface area contributed by atoms with E-state index in [9.17, 15) is 0 Å². The van der Waals surface area contributed by atoms with Gasteiger partial charge in [-0.15, -0.1) is 11.3 Å². The molecule has 0 radical (unpaired) electrons. The number of pyridine rings is 1. The van der Waals surface area contributed by atoms with Crippen LogP contribution >= 0.6 is 11.3 Å². The number of hydrogen-bond acceptors (Lipinski definition) is 6. The smallest absolute Gasteiger partial charge is 0.185 e. The zero-order valence-corrected chi connectivity index (χ0v) is 12.7. The largest absolute Gasteiger partial charge is 0.397 e. The number of nitrogens with two attached hydrogens (primary N) is 1. The van der Waals surface area contributed by atoms with Crippen LogP contribution in [0, 0.1) is 13.8 Å². The summed E-state index contributed by atoms with van der Waals surface area (Å²) in [5.41, 5.74) is 7.53. The maximum Gasteiger partial charge on any atom is 0.185 e. The fourth-order valence-electron chi connectivity index (χ4n) is 2.30. The fourth-order valence-corrected chi connectivity index (χ4v) is 3.26. The van der Waals surface area contributed by atoms with E-state index in [4.69, 9.17) is 5.73 Å². The van der Waals surface area contributed by atoms with E-state index in [0.717, 1.165) is 42.8 Å². The molecule has 0 unspecified atom stereocenters. The van der Waals surface area contributed by atoms with Crippen LogP contribution in [0.2, 0.25) is 0 Å². The van der Waals surface area contributed by atoms with Crippen molar-refractivity contribution in [1.82, 2.24) is 9.97 Å². The van der Waals surface area contributed by atoms with Crippen LogP contribution in [0.15, 0.2) is 18.3 Å². The van der Waals surface area contributed by atoms with Gasteiger partial charge in [-0.2, -0.15) is 0 Å². The highest BCUT2D eigenvalue weighted by molar-refractivity contribution is 7.15. The predicted octanol–water partition coefficient (Wildman–Crippen LogP) is 2.06. The number of nitrogen functional groups attached to an aromatic ring is 1. The lowest BCUT2D eigenvalue weighted by Crippen LogP contribution is -2.46. The third-order valence-corrected chi connectivity index (χ3v) is 4.80. The van der Waals surface area contributed by atoms with Gasteiger partial charge < -0.3 is 15.5 Å². The Morgan fingerprint density at radius 3 is 2.35 bits per heavy atom. The third-order valence-electron chi connectivity index (χ3n) is 3.66. The van der Waals surface area contributed by atoms with Gasteiger partial charge in [-0.3, -0.25) is 0 Å². The Morgan fingerprint density at radius 1 is 1.10 bits per heavy atom. The van der Waals surface area contributed by atoms with Gasteiger partial charge in [0, 0.05) is 31.1 Å². The molecular formula is C14H19N5S. The van der Waals surface area contributed by atoms with Crippen LogP contribution in [0.25, 0.3) is 0 Å². The molecule has 1 fully saturated rings. The second-order valence-electron chi connectivity index (χ2n) is 5.06. The predicted molar refractivity (Wildman–Crippen MR) is 84.7 cm³/mol. The van der Waals surface area contributed by atoms with Crippen molar-refractivity contribution in [2.24, 2.45) is 0 Å². The standard InChI is InChI=1S/C14H19N5S/c1-10-11(2)20-14(17-10)19-7-5-18(6-8-19)13-4-3-12(15)9-16-13/h3-4,9H,5-8,15H2,1-2H3. The molecule has 0 bridgehead atoms. The van der Waals surface area contributed by atoms with E-state index in [0.29, 0.717) is 5.69 Å². The summed E-state index contributed by atoms with van der Waals surface area (Å²) < 4.78 is 0. The van der Waals surface area contributed by atoms with E-state index in [1.54, 1.807) is 17.5 Å². The first-order chi connectivity index (χ1) is 9.63. The molecule has 2 N–H and O–H groups in total. The number of piperazine rings is 1. The molecule has 106 valence electrons. The Kier molecular flexibility index (Phi) is 3.48. The molecule has 2 aromatic heterocycles. The summed E-state index contributed by atoms with van der Waals surface area (Å²) in [6.45, 7) is 8.11. The van der Waals surface area contributed by atoms with Crippen molar-refractivity contribution in [2.45, 2.75) is 13.8 Å². The number of aromatic nitrogens is 2. The van der Waals surface area contributed by atoms with Crippen molar-refractivity contribution >= 4 is 28.0 Å². The molecule has 0 saturated carbocycles. The maximum atomic E-state index is 5.67. The van der Waals surface area contributed by atoms with E-state index in [1.807, 2.05) is 12.1 Å². The van der Waals surface area contributed by atoms with Crippen LogP contribution in [-0.4, -0.2) is 36.1 Å². The monoisotopic (exact) mass is 289 g/mol. The molecule has 1 aliphatic heterocycles. The van der Waals surface area contributed by atoms with E-state index >= 15 is 0 Å². The van der Waals surface area contributed by atoms with Gasteiger partial charge in [0.2, 0.25) is 0 Å². The molecule has 2 aromatic rings. The summed E-state index contributed by atoms with van der Waals surface area (Å²) in [7, 11) is 0. The van der Waals surface area contributed by atoms with E-state index < -0.39 is 0 Å². The molecule has 1 saturated heterocycles. The zero-order chi connectivity index (χ0) is 14.1. The molecule has 3 heterocycles. The Balaban J connectivity index is 1.66. The van der Waals surface area contributed by atoms with Crippen molar-refractivity contribution in [3.63, 3.8) is 0 Å². The van der Waals surface area contributed by atoms with Crippen molar-refractivity contribution in [2.75, 3.05) is 41.7 Å². The molecule has 20 heavy (non-hydrogen) atoms. The molecule has 0 amide bonds. The molecule has 0 aromatic carbocycles. The molecular weight excluding hydrogens is 270 g/mol. The summed E-state index contributed by atoms with van der Waals surface area (Å²) in [6.07, 6.45) is 1.72. The van der Waals surface area contributed by atoms with Gasteiger partial charge in [-0.1, -0.05) is 0 Å². The van der Waals surface area contributed by atoms with E-state index in [-0.39, 0.29) is 0 Å². The second kappa shape index (κ2) is 5.28.